The van der Waals surface area contributed by atoms with E-state index < -0.39 is 8.07 Å². The number of hydrogen-bond donors (Lipinski definition) is 0. The van der Waals surface area contributed by atoms with Crippen LogP contribution in [0.15, 0.2) is 30.3 Å². The van der Waals surface area contributed by atoms with Crippen LogP contribution >= 0.6 is 0 Å². The Bertz CT molecular complexity index is 218. The van der Waals surface area contributed by atoms with Crippen molar-refractivity contribution in [2.24, 2.45) is 0 Å². The molecule has 0 saturated carbocycles. The number of rotatable bonds is 2. The van der Waals surface area contributed by atoms with Crippen LogP contribution in [-0.2, 0) is 0 Å². The molecule has 0 bridgehead atoms. The molecule has 0 amide bonds. The maximum atomic E-state index is 2.42. The molecule has 0 heterocycles. The van der Waals surface area contributed by atoms with Gasteiger partial charge in [-0.2, -0.15) is 0 Å². The minimum atomic E-state index is -1.05. The van der Waals surface area contributed by atoms with Crippen molar-refractivity contribution < 1.29 is 0 Å². The molecule has 0 radical (unpaired) electrons. The first kappa shape index (κ1) is 9.12. The second-order valence-electron chi connectivity index (χ2n) is 3.60. The predicted molar refractivity (Wildman–Crippen MR) is 54.1 cm³/mol. The van der Waals surface area contributed by atoms with E-state index in [4.69, 9.17) is 0 Å². The first-order valence-electron chi connectivity index (χ1n) is 4.22. The molecular formula is C9H13LiSi. The molecular weight excluding hydrogens is 143 g/mol. The Labute approximate surface area is 79.2 Å². The molecule has 0 atom stereocenters. The zero-order valence-corrected chi connectivity index (χ0v) is 8.59. The van der Waals surface area contributed by atoms with Crippen LogP contribution in [0.3, 0.4) is 0 Å². The number of benzene rings is 1. The molecule has 1 aromatic carbocycles. The van der Waals surface area contributed by atoms with Gasteiger partial charge in [0.05, 0.1) is 0 Å². The van der Waals surface area contributed by atoms with Crippen molar-refractivity contribution in [3.63, 3.8) is 0 Å². The molecule has 0 aliphatic rings. The van der Waals surface area contributed by atoms with E-state index in [0.717, 1.165) is 0 Å². The van der Waals surface area contributed by atoms with E-state index in [0.29, 0.717) is 0 Å². The second kappa shape index (κ2) is 3.62. The summed E-state index contributed by atoms with van der Waals surface area (Å²) in [6.45, 7) is 4.84. The third-order valence-corrected chi connectivity index (χ3v) is 6.10. The summed E-state index contributed by atoms with van der Waals surface area (Å²) < 4.78 is 1.33. The maximum absolute atomic E-state index is 2.42. The van der Waals surface area contributed by atoms with Crippen molar-refractivity contribution in [1.82, 2.24) is 0 Å². The molecule has 0 N–H and O–H groups in total. The summed E-state index contributed by atoms with van der Waals surface area (Å²) in [6, 6.07) is 10.9. The van der Waals surface area contributed by atoms with Crippen molar-refractivity contribution in [3.05, 3.63) is 30.3 Å². The Hall–Kier alpha value is 0.0343. The van der Waals surface area contributed by atoms with Crippen LogP contribution in [0.2, 0.25) is 17.8 Å². The van der Waals surface area contributed by atoms with Crippen LogP contribution in [0.1, 0.15) is 0 Å². The first-order valence-corrected chi connectivity index (χ1v) is 7.43. The summed E-state index contributed by atoms with van der Waals surface area (Å²) in [4.78, 5) is 0. The van der Waals surface area contributed by atoms with E-state index >= 15 is 0 Å². The summed E-state index contributed by atoms with van der Waals surface area (Å²) >= 11 is 2.29. The molecule has 2 heteroatoms. The number of hydrogen-bond acceptors (Lipinski definition) is 0. The fraction of sp³-hybridized carbons (Fsp3) is 0.333. The molecule has 0 saturated heterocycles. The summed E-state index contributed by atoms with van der Waals surface area (Å²) in [6.07, 6.45) is 0. The van der Waals surface area contributed by atoms with Gasteiger partial charge in [-0.3, -0.25) is 0 Å². The van der Waals surface area contributed by atoms with Crippen LogP contribution in [0.25, 0.3) is 0 Å². The van der Waals surface area contributed by atoms with Gasteiger partial charge < -0.3 is 0 Å². The minimum absolute atomic E-state index is 1.05. The first-order chi connectivity index (χ1) is 5.17. The van der Waals surface area contributed by atoms with Gasteiger partial charge in [-0.1, -0.05) is 0 Å². The average molecular weight is 156 g/mol. The molecule has 1 aromatic rings. The third kappa shape index (κ3) is 2.23. The fourth-order valence-electron chi connectivity index (χ4n) is 1.09. The molecule has 0 fully saturated rings. The fourth-order valence-corrected chi connectivity index (χ4v) is 2.60. The van der Waals surface area contributed by atoms with Crippen LogP contribution in [-0.4, -0.2) is 25.8 Å². The Morgan fingerprint density at radius 3 is 2.18 bits per heavy atom. The van der Waals surface area contributed by atoms with Crippen LogP contribution in [0.4, 0.5) is 0 Å². The van der Waals surface area contributed by atoms with Crippen LogP contribution in [0.5, 0.6) is 0 Å². The molecule has 0 spiro atoms. The Morgan fingerprint density at radius 2 is 1.73 bits per heavy atom. The topological polar surface area (TPSA) is 0 Å². The third-order valence-electron chi connectivity index (χ3n) is 2.44. The van der Waals surface area contributed by atoms with Gasteiger partial charge in [-0.25, -0.2) is 0 Å². The Morgan fingerprint density at radius 1 is 1.18 bits per heavy atom. The van der Waals surface area contributed by atoms with Gasteiger partial charge in [0.25, 0.3) is 0 Å². The zero-order chi connectivity index (χ0) is 8.32. The van der Waals surface area contributed by atoms with Crippen LogP contribution in [0, 0.1) is 0 Å². The van der Waals surface area contributed by atoms with Gasteiger partial charge in [0.15, 0.2) is 0 Å². The zero-order valence-electron chi connectivity index (χ0n) is 7.59. The van der Waals surface area contributed by atoms with Gasteiger partial charge in [0.2, 0.25) is 0 Å². The Balaban J connectivity index is 2.93. The van der Waals surface area contributed by atoms with Gasteiger partial charge >= 0.3 is 79.1 Å². The quantitative estimate of drug-likeness (QED) is 0.572. The predicted octanol–water partition coefficient (Wildman–Crippen LogP) is 1.73. The monoisotopic (exact) mass is 156 g/mol. The molecule has 0 nitrogen and oxygen atoms in total. The van der Waals surface area contributed by atoms with E-state index in [1.807, 2.05) is 0 Å². The summed E-state index contributed by atoms with van der Waals surface area (Å²) in [7, 11) is -1.05. The van der Waals surface area contributed by atoms with Gasteiger partial charge in [-0.15, -0.1) is 0 Å². The summed E-state index contributed by atoms with van der Waals surface area (Å²) in [5.74, 6) is 0. The molecule has 11 heavy (non-hydrogen) atoms. The molecule has 0 aromatic heterocycles. The molecule has 0 unspecified atom stereocenters. The SMILES string of the molecule is [Li][CH2][Si](C)(C)c1ccccc1. The summed E-state index contributed by atoms with van der Waals surface area (Å²) in [5, 5.41) is 1.57. The van der Waals surface area contributed by atoms with E-state index in [1.54, 1.807) is 5.19 Å². The van der Waals surface area contributed by atoms with Crippen molar-refractivity contribution in [1.29, 1.82) is 0 Å². The van der Waals surface area contributed by atoms with E-state index in [9.17, 15) is 0 Å². The van der Waals surface area contributed by atoms with Crippen molar-refractivity contribution in [2.75, 3.05) is 0 Å². The van der Waals surface area contributed by atoms with E-state index in [1.165, 1.54) is 4.72 Å². The molecule has 54 valence electrons. The van der Waals surface area contributed by atoms with E-state index in [-0.39, 0.29) is 0 Å². The normalized spacial score (nSPS) is 11.6. The van der Waals surface area contributed by atoms with Crippen molar-refractivity contribution in [2.45, 2.75) is 17.8 Å². The van der Waals surface area contributed by atoms with Gasteiger partial charge in [-0.05, 0) is 0 Å². The molecule has 0 aliphatic carbocycles. The average Bonchev–Trinajstić information content (AvgIpc) is 2.06. The second-order valence-corrected chi connectivity index (χ2v) is 8.66. The molecule has 1 rings (SSSR count). The Kier molecular flexibility index (Phi) is 3.01. The van der Waals surface area contributed by atoms with Crippen molar-refractivity contribution in [3.8, 4) is 0 Å². The van der Waals surface area contributed by atoms with Crippen molar-refractivity contribution >= 4 is 31.0 Å². The van der Waals surface area contributed by atoms with Gasteiger partial charge in [0, 0.05) is 0 Å². The standard InChI is InChI=1S/C9H13Si.Li/c1-10(2,3)9-7-5-4-6-8-9;/h4-8H,1H2,2-3H3;. The summed E-state index contributed by atoms with van der Waals surface area (Å²) in [5.41, 5.74) is 0. The van der Waals surface area contributed by atoms with Crippen LogP contribution < -0.4 is 5.19 Å². The van der Waals surface area contributed by atoms with E-state index in [2.05, 4.69) is 61.1 Å². The van der Waals surface area contributed by atoms with Gasteiger partial charge in [0.1, 0.15) is 0 Å². The molecule has 0 aliphatic heterocycles.